The van der Waals surface area contributed by atoms with Crippen LogP contribution in [0.2, 0.25) is 0 Å². The molecule has 2 rings (SSSR count). The van der Waals surface area contributed by atoms with Crippen molar-refractivity contribution >= 4 is 11.6 Å². The van der Waals surface area contributed by atoms with E-state index in [1.54, 1.807) is 19.2 Å². The number of hydrazine groups is 1. The van der Waals surface area contributed by atoms with E-state index in [2.05, 4.69) is 24.6 Å². The molecule has 20 heavy (non-hydrogen) atoms. The number of anilines is 1. The Morgan fingerprint density at radius 2 is 2.15 bits per heavy atom. The summed E-state index contributed by atoms with van der Waals surface area (Å²) in [6.07, 6.45) is 1.06. The minimum atomic E-state index is -0.0429. The lowest BCUT2D eigenvalue weighted by Gasteiger charge is -2.51. The minimum absolute atomic E-state index is 0.0307. The van der Waals surface area contributed by atoms with Crippen LogP contribution in [0.1, 0.15) is 36.2 Å². The predicted molar refractivity (Wildman–Crippen MR) is 79.4 cm³/mol. The summed E-state index contributed by atoms with van der Waals surface area (Å²) >= 11 is 0. The third kappa shape index (κ3) is 2.51. The van der Waals surface area contributed by atoms with E-state index in [1.165, 1.54) is 0 Å². The number of nitrogens with two attached hydrogens (primary N) is 1. The van der Waals surface area contributed by atoms with Gasteiger partial charge in [-0.2, -0.15) is 0 Å². The lowest BCUT2D eigenvalue weighted by Crippen LogP contribution is -2.61. The van der Waals surface area contributed by atoms with Crippen molar-refractivity contribution in [3.8, 4) is 0 Å². The summed E-state index contributed by atoms with van der Waals surface area (Å²) in [7, 11) is 1.72. The molecule has 110 valence electrons. The average Bonchev–Trinajstić information content (AvgIpc) is 2.42. The van der Waals surface area contributed by atoms with E-state index >= 15 is 0 Å². The first-order valence-corrected chi connectivity index (χ1v) is 6.81. The molecule has 1 aromatic rings. The monoisotopic (exact) mass is 277 g/mol. The number of amides is 1. The Kier molecular flexibility index (Phi) is 4.01. The summed E-state index contributed by atoms with van der Waals surface area (Å²) in [6.45, 7) is 6.13. The number of ether oxygens (including phenoxy) is 1. The van der Waals surface area contributed by atoms with Crippen LogP contribution in [-0.2, 0) is 4.74 Å². The predicted octanol–water partition coefficient (Wildman–Crippen LogP) is 1.82. The van der Waals surface area contributed by atoms with Gasteiger partial charge in [0, 0.05) is 29.8 Å². The fraction of sp³-hybridized carbons (Fsp3) is 0.533. The van der Waals surface area contributed by atoms with Crippen molar-refractivity contribution in [2.24, 2.45) is 11.3 Å². The second-order valence-electron chi connectivity index (χ2n) is 5.98. The second kappa shape index (κ2) is 5.42. The molecule has 1 aromatic carbocycles. The van der Waals surface area contributed by atoms with Gasteiger partial charge in [-0.25, -0.2) is 0 Å². The smallest absolute Gasteiger partial charge is 0.251 e. The van der Waals surface area contributed by atoms with Gasteiger partial charge in [0.1, 0.15) is 0 Å². The molecule has 0 radical (unpaired) electrons. The molecular weight excluding hydrogens is 254 g/mol. The van der Waals surface area contributed by atoms with Crippen LogP contribution in [0.15, 0.2) is 18.2 Å². The Balaban J connectivity index is 2.07. The van der Waals surface area contributed by atoms with Crippen LogP contribution in [0.25, 0.3) is 0 Å². The number of aryl methyl sites for hydroxylation is 1. The number of carbonyl (C=O) groups is 1. The highest BCUT2D eigenvalue weighted by Crippen LogP contribution is 2.42. The average molecular weight is 277 g/mol. The fourth-order valence-electron chi connectivity index (χ4n) is 2.77. The number of methoxy groups -OCH3 is 1. The Morgan fingerprint density at radius 1 is 1.45 bits per heavy atom. The molecule has 0 bridgehead atoms. The third-order valence-corrected chi connectivity index (χ3v) is 4.41. The van der Waals surface area contributed by atoms with E-state index in [0.29, 0.717) is 5.56 Å². The minimum Gasteiger partial charge on any atom is -0.381 e. The van der Waals surface area contributed by atoms with E-state index in [4.69, 9.17) is 10.6 Å². The zero-order valence-electron chi connectivity index (χ0n) is 12.5. The molecular formula is C15H23N3O2. The molecule has 2 unspecified atom stereocenters. The van der Waals surface area contributed by atoms with Gasteiger partial charge >= 0.3 is 0 Å². The van der Waals surface area contributed by atoms with Gasteiger partial charge in [-0.3, -0.25) is 10.6 Å². The highest BCUT2D eigenvalue weighted by atomic mass is 16.5. The van der Waals surface area contributed by atoms with Gasteiger partial charge in [0.15, 0.2) is 0 Å². The van der Waals surface area contributed by atoms with Gasteiger partial charge < -0.3 is 15.5 Å². The van der Waals surface area contributed by atoms with Crippen molar-refractivity contribution < 1.29 is 9.53 Å². The molecule has 0 heterocycles. The van der Waals surface area contributed by atoms with Crippen LogP contribution in [0.4, 0.5) is 5.69 Å². The molecule has 1 aliphatic carbocycles. The first kappa shape index (κ1) is 14.8. The van der Waals surface area contributed by atoms with E-state index in [9.17, 15) is 4.79 Å². The summed E-state index contributed by atoms with van der Waals surface area (Å²) in [5, 5.41) is 3.09. The SMILES string of the molecule is COC1CC(NC(=O)c2ccc(NN)cc2C)C1(C)C. The maximum absolute atomic E-state index is 12.3. The van der Waals surface area contributed by atoms with Gasteiger partial charge in [-0.15, -0.1) is 0 Å². The van der Waals surface area contributed by atoms with Crippen LogP contribution < -0.4 is 16.6 Å². The summed E-state index contributed by atoms with van der Waals surface area (Å²) < 4.78 is 5.40. The molecule has 0 aromatic heterocycles. The molecule has 0 saturated heterocycles. The number of hydrogen-bond donors (Lipinski definition) is 3. The van der Waals surface area contributed by atoms with E-state index in [-0.39, 0.29) is 23.5 Å². The molecule has 0 aliphatic heterocycles. The molecule has 1 amide bonds. The lowest BCUT2D eigenvalue weighted by molar-refractivity contribution is -0.0942. The van der Waals surface area contributed by atoms with Crippen molar-refractivity contribution in [3.05, 3.63) is 29.3 Å². The van der Waals surface area contributed by atoms with Crippen LogP contribution in [0.3, 0.4) is 0 Å². The Hall–Kier alpha value is -1.59. The highest BCUT2D eigenvalue weighted by molar-refractivity contribution is 5.96. The van der Waals surface area contributed by atoms with Gasteiger partial charge in [0.05, 0.1) is 6.10 Å². The quantitative estimate of drug-likeness (QED) is 0.579. The first-order valence-electron chi connectivity index (χ1n) is 6.81. The number of nitrogens with one attached hydrogen (secondary N) is 2. The van der Waals surface area contributed by atoms with Crippen LogP contribution in [0, 0.1) is 12.3 Å². The zero-order valence-corrected chi connectivity index (χ0v) is 12.5. The summed E-state index contributed by atoms with van der Waals surface area (Å²) in [5.74, 6) is 5.32. The fourth-order valence-corrected chi connectivity index (χ4v) is 2.77. The Labute approximate surface area is 119 Å². The first-order chi connectivity index (χ1) is 9.40. The molecule has 1 fully saturated rings. The molecule has 1 aliphatic rings. The lowest BCUT2D eigenvalue weighted by atomic mass is 9.64. The van der Waals surface area contributed by atoms with Crippen molar-refractivity contribution in [2.75, 3.05) is 12.5 Å². The zero-order chi connectivity index (χ0) is 14.9. The molecule has 4 N–H and O–H groups in total. The number of carbonyl (C=O) groups excluding carboxylic acids is 1. The summed E-state index contributed by atoms with van der Waals surface area (Å²) in [4.78, 5) is 12.3. The van der Waals surface area contributed by atoms with Crippen LogP contribution in [0.5, 0.6) is 0 Å². The van der Waals surface area contributed by atoms with Gasteiger partial charge in [0.25, 0.3) is 5.91 Å². The van der Waals surface area contributed by atoms with E-state index < -0.39 is 0 Å². The van der Waals surface area contributed by atoms with Crippen LogP contribution >= 0.6 is 0 Å². The third-order valence-electron chi connectivity index (χ3n) is 4.41. The largest absolute Gasteiger partial charge is 0.381 e. The Bertz CT molecular complexity index is 514. The van der Waals surface area contributed by atoms with Gasteiger partial charge in [-0.1, -0.05) is 13.8 Å². The Morgan fingerprint density at radius 3 is 2.65 bits per heavy atom. The van der Waals surface area contributed by atoms with Crippen molar-refractivity contribution in [1.82, 2.24) is 5.32 Å². The maximum atomic E-state index is 12.3. The second-order valence-corrected chi connectivity index (χ2v) is 5.98. The number of benzene rings is 1. The summed E-state index contributed by atoms with van der Waals surface area (Å²) in [6, 6.07) is 5.59. The van der Waals surface area contributed by atoms with E-state index in [1.807, 2.05) is 13.0 Å². The molecule has 0 spiro atoms. The molecule has 1 saturated carbocycles. The highest BCUT2D eigenvalue weighted by Gasteiger charge is 2.49. The van der Waals surface area contributed by atoms with E-state index in [0.717, 1.165) is 17.7 Å². The molecule has 5 nitrogen and oxygen atoms in total. The number of nitrogen functional groups attached to an aromatic ring is 1. The summed E-state index contributed by atoms with van der Waals surface area (Å²) in [5.41, 5.74) is 4.92. The number of rotatable bonds is 4. The van der Waals surface area contributed by atoms with Gasteiger partial charge in [-0.05, 0) is 37.1 Å². The number of hydrogen-bond acceptors (Lipinski definition) is 4. The van der Waals surface area contributed by atoms with Gasteiger partial charge in [0.2, 0.25) is 0 Å². The van der Waals surface area contributed by atoms with Crippen LogP contribution in [-0.4, -0.2) is 25.2 Å². The van der Waals surface area contributed by atoms with Crippen molar-refractivity contribution in [3.63, 3.8) is 0 Å². The molecule has 2 atom stereocenters. The van der Waals surface area contributed by atoms with Crippen molar-refractivity contribution in [2.45, 2.75) is 39.3 Å². The maximum Gasteiger partial charge on any atom is 0.251 e. The standard InChI is InChI=1S/C15H23N3O2/c1-9-7-10(18-16)5-6-11(9)14(19)17-12-8-13(20-4)15(12,2)3/h5-7,12-13,18H,8,16H2,1-4H3,(H,17,19). The topological polar surface area (TPSA) is 76.4 Å². The molecule has 5 heteroatoms. The normalized spacial score (nSPS) is 23.9. The van der Waals surface area contributed by atoms with Crippen molar-refractivity contribution in [1.29, 1.82) is 0 Å².